The van der Waals surface area contributed by atoms with Gasteiger partial charge in [0.15, 0.2) is 0 Å². The first-order valence-electron chi connectivity index (χ1n) is 9.81. The zero-order valence-corrected chi connectivity index (χ0v) is 17.1. The molecule has 3 rings (SSSR count). The molecule has 0 bridgehead atoms. The van der Waals surface area contributed by atoms with Gasteiger partial charge in [-0.15, -0.1) is 0 Å². The summed E-state index contributed by atoms with van der Waals surface area (Å²) in [6.45, 7) is 11.4. The lowest BCUT2D eigenvalue weighted by atomic mass is 9.93. The van der Waals surface area contributed by atoms with Crippen molar-refractivity contribution in [3.05, 3.63) is 35.0 Å². The molecular weight excluding hydrogens is 338 g/mol. The fourth-order valence-corrected chi connectivity index (χ4v) is 3.86. The number of rotatable bonds is 3. The van der Waals surface area contributed by atoms with Gasteiger partial charge in [0.2, 0.25) is 11.8 Å². The summed E-state index contributed by atoms with van der Waals surface area (Å²) < 4.78 is 0. The van der Waals surface area contributed by atoms with Crippen molar-refractivity contribution in [3.63, 3.8) is 0 Å². The van der Waals surface area contributed by atoms with Crippen LogP contribution in [0.3, 0.4) is 0 Å². The van der Waals surface area contributed by atoms with E-state index in [9.17, 15) is 9.59 Å². The van der Waals surface area contributed by atoms with E-state index >= 15 is 0 Å². The summed E-state index contributed by atoms with van der Waals surface area (Å²) in [7, 11) is 0. The number of carbonyl (C=O) groups is 2. The van der Waals surface area contributed by atoms with E-state index in [0.29, 0.717) is 19.5 Å². The van der Waals surface area contributed by atoms with Gasteiger partial charge in [0.05, 0.1) is 6.42 Å². The summed E-state index contributed by atoms with van der Waals surface area (Å²) in [6.07, 6.45) is 2.02. The van der Waals surface area contributed by atoms with Gasteiger partial charge in [-0.05, 0) is 44.4 Å². The first-order valence-corrected chi connectivity index (χ1v) is 9.81. The number of aromatic amines is 1. The Morgan fingerprint density at radius 1 is 1.19 bits per heavy atom. The van der Waals surface area contributed by atoms with E-state index in [4.69, 9.17) is 0 Å². The van der Waals surface area contributed by atoms with Crippen molar-refractivity contribution >= 4 is 22.7 Å². The molecule has 2 N–H and O–H groups in total. The predicted octanol–water partition coefficient (Wildman–Crippen LogP) is 3.48. The standard InChI is InChI=1S/C22H31N3O2/c1-14-6-7-19-18(12-14)17(15(2)23-19)13-20(26)24-16-8-10-25(11-9-16)21(27)22(3,4)5/h6-7,12,16,23H,8-11,13H2,1-5H3,(H,24,26). The molecule has 1 aliphatic heterocycles. The van der Waals surface area contributed by atoms with E-state index in [1.165, 1.54) is 5.56 Å². The number of H-pyrrole nitrogens is 1. The molecular formula is C22H31N3O2. The smallest absolute Gasteiger partial charge is 0.227 e. The first kappa shape index (κ1) is 19.5. The minimum Gasteiger partial charge on any atom is -0.358 e. The Morgan fingerprint density at radius 2 is 1.85 bits per heavy atom. The van der Waals surface area contributed by atoms with Crippen molar-refractivity contribution in [1.29, 1.82) is 0 Å². The number of likely N-dealkylation sites (tertiary alicyclic amines) is 1. The topological polar surface area (TPSA) is 65.2 Å². The average molecular weight is 370 g/mol. The fourth-order valence-electron chi connectivity index (χ4n) is 3.86. The normalized spacial score (nSPS) is 16.0. The highest BCUT2D eigenvalue weighted by Gasteiger charge is 2.30. The number of fused-ring (bicyclic) bond motifs is 1. The number of hydrogen-bond donors (Lipinski definition) is 2. The Morgan fingerprint density at radius 3 is 2.48 bits per heavy atom. The lowest BCUT2D eigenvalue weighted by Gasteiger charge is -2.36. The average Bonchev–Trinajstić information content (AvgIpc) is 2.89. The molecule has 2 heterocycles. The number of hydrogen-bond acceptors (Lipinski definition) is 2. The van der Waals surface area contributed by atoms with Crippen molar-refractivity contribution in [3.8, 4) is 0 Å². The zero-order valence-electron chi connectivity index (χ0n) is 17.1. The van der Waals surface area contributed by atoms with Crippen molar-refractivity contribution in [2.45, 2.75) is 59.9 Å². The van der Waals surface area contributed by atoms with E-state index in [1.807, 2.05) is 32.6 Å². The SMILES string of the molecule is Cc1ccc2[nH]c(C)c(CC(=O)NC3CCN(C(=O)C(C)(C)C)CC3)c2c1. The lowest BCUT2D eigenvalue weighted by molar-refractivity contribution is -0.140. The van der Waals surface area contributed by atoms with E-state index in [1.54, 1.807) is 0 Å². The van der Waals surface area contributed by atoms with E-state index in [0.717, 1.165) is 35.0 Å². The van der Waals surface area contributed by atoms with Crippen LogP contribution in [0.2, 0.25) is 0 Å². The zero-order chi connectivity index (χ0) is 19.8. The summed E-state index contributed by atoms with van der Waals surface area (Å²) in [5.41, 5.74) is 4.05. The van der Waals surface area contributed by atoms with Gasteiger partial charge in [0.1, 0.15) is 0 Å². The van der Waals surface area contributed by atoms with Crippen molar-refractivity contribution in [2.24, 2.45) is 5.41 Å². The van der Waals surface area contributed by atoms with Gasteiger partial charge >= 0.3 is 0 Å². The molecule has 146 valence electrons. The minimum atomic E-state index is -0.346. The molecule has 5 nitrogen and oxygen atoms in total. The van der Waals surface area contributed by atoms with E-state index in [-0.39, 0.29) is 23.3 Å². The highest BCUT2D eigenvalue weighted by molar-refractivity contribution is 5.90. The van der Waals surface area contributed by atoms with Gasteiger partial charge in [-0.1, -0.05) is 32.4 Å². The number of benzene rings is 1. The van der Waals surface area contributed by atoms with Crippen molar-refractivity contribution < 1.29 is 9.59 Å². The third-order valence-electron chi connectivity index (χ3n) is 5.40. The van der Waals surface area contributed by atoms with Crippen LogP contribution in [0.5, 0.6) is 0 Å². The second kappa shape index (κ2) is 7.37. The number of aromatic nitrogens is 1. The van der Waals surface area contributed by atoms with Gasteiger partial charge in [0, 0.05) is 41.1 Å². The molecule has 2 amide bonds. The molecule has 0 unspecified atom stereocenters. The molecule has 1 aliphatic rings. The number of nitrogens with zero attached hydrogens (tertiary/aromatic N) is 1. The fraction of sp³-hybridized carbons (Fsp3) is 0.545. The maximum atomic E-state index is 12.6. The van der Waals surface area contributed by atoms with Crippen LogP contribution in [0.25, 0.3) is 10.9 Å². The summed E-state index contributed by atoms with van der Waals surface area (Å²) in [6, 6.07) is 6.43. The van der Waals surface area contributed by atoms with Gasteiger partial charge in [0.25, 0.3) is 0 Å². The number of carbonyl (C=O) groups excluding carboxylic acids is 2. The predicted molar refractivity (Wildman–Crippen MR) is 109 cm³/mol. The molecule has 0 atom stereocenters. The highest BCUT2D eigenvalue weighted by atomic mass is 16.2. The molecule has 0 radical (unpaired) electrons. The summed E-state index contributed by atoms with van der Waals surface area (Å²) in [5.74, 6) is 0.248. The van der Waals surface area contributed by atoms with Gasteiger partial charge in [-0.2, -0.15) is 0 Å². The minimum absolute atomic E-state index is 0.0566. The van der Waals surface area contributed by atoms with Crippen LogP contribution >= 0.6 is 0 Å². The van der Waals surface area contributed by atoms with Crippen LogP contribution in [0.15, 0.2) is 18.2 Å². The quantitative estimate of drug-likeness (QED) is 0.870. The van der Waals surface area contributed by atoms with Gasteiger partial charge in [-0.3, -0.25) is 9.59 Å². The highest BCUT2D eigenvalue weighted by Crippen LogP contribution is 2.24. The molecule has 1 aromatic carbocycles. The van der Waals surface area contributed by atoms with Crippen molar-refractivity contribution in [1.82, 2.24) is 15.2 Å². The van der Waals surface area contributed by atoms with Gasteiger partial charge in [-0.25, -0.2) is 0 Å². The van der Waals surface area contributed by atoms with Crippen molar-refractivity contribution in [2.75, 3.05) is 13.1 Å². The summed E-state index contributed by atoms with van der Waals surface area (Å²) >= 11 is 0. The van der Waals surface area contributed by atoms with Crippen LogP contribution in [-0.2, 0) is 16.0 Å². The molecule has 5 heteroatoms. The van der Waals surface area contributed by atoms with E-state index < -0.39 is 0 Å². The molecule has 0 spiro atoms. The number of aryl methyl sites for hydroxylation is 2. The maximum Gasteiger partial charge on any atom is 0.227 e. The monoisotopic (exact) mass is 369 g/mol. The number of piperidine rings is 1. The molecule has 27 heavy (non-hydrogen) atoms. The van der Waals surface area contributed by atoms with Crippen LogP contribution in [0.4, 0.5) is 0 Å². The molecule has 1 fully saturated rings. The Bertz CT molecular complexity index is 852. The largest absolute Gasteiger partial charge is 0.358 e. The summed E-state index contributed by atoms with van der Waals surface area (Å²) in [5, 5.41) is 4.30. The van der Waals surface area contributed by atoms with Crippen LogP contribution in [0, 0.1) is 19.3 Å². The lowest BCUT2D eigenvalue weighted by Crippen LogP contribution is -2.49. The summed E-state index contributed by atoms with van der Waals surface area (Å²) in [4.78, 5) is 30.3. The number of nitrogens with one attached hydrogen (secondary N) is 2. The molecule has 0 saturated carbocycles. The molecule has 2 aromatic rings. The maximum absolute atomic E-state index is 12.6. The molecule has 0 aliphatic carbocycles. The third kappa shape index (κ3) is 4.34. The number of amides is 2. The Labute approximate surface area is 161 Å². The third-order valence-corrected chi connectivity index (χ3v) is 5.40. The van der Waals surface area contributed by atoms with Crippen LogP contribution < -0.4 is 5.32 Å². The Kier molecular flexibility index (Phi) is 5.31. The van der Waals surface area contributed by atoms with E-state index in [2.05, 4.69) is 35.4 Å². The van der Waals surface area contributed by atoms with Crippen LogP contribution in [-0.4, -0.2) is 40.8 Å². The second-order valence-electron chi connectivity index (χ2n) is 8.84. The van der Waals surface area contributed by atoms with Crippen LogP contribution in [0.1, 0.15) is 50.4 Å². The Balaban J connectivity index is 1.59. The molecule has 1 saturated heterocycles. The molecule has 1 aromatic heterocycles. The van der Waals surface area contributed by atoms with Gasteiger partial charge < -0.3 is 15.2 Å². The Hall–Kier alpha value is -2.30. The first-order chi connectivity index (χ1) is 12.6. The second-order valence-corrected chi connectivity index (χ2v) is 8.84.